The fraction of sp³-hybridized carbons (Fsp3) is 0.0833. The van der Waals surface area contributed by atoms with Gasteiger partial charge in [0.25, 0.3) is 0 Å². The summed E-state index contributed by atoms with van der Waals surface area (Å²) in [5, 5.41) is 18.0. The van der Waals surface area contributed by atoms with E-state index in [1.165, 1.54) is 0 Å². The minimum atomic E-state index is -1.54. The molecule has 146 valence electrons. The number of carbonyl (C=O) groups is 2. The van der Waals surface area contributed by atoms with Gasteiger partial charge < -0.3 is 15.1 Å². The zero-order chi connectivity index (χ0) is 20.6. The molecule has 3 aromatic carbocycles. The van der Waals surface area contributed by atoms with Crippen molar-refractivity contribution in [1.82, 2.24) is 0 Å². The molecular weight excluding hydrogens is 366 g/mol. The van der Waals surface area contributed by atoms with Gasteiger partial charge in [-0.2, -0.15) is 0 Å². The lowest BCUT2D eigenvalue weighted by Gasteiger charge is -2.25. The molecule has 0 saturated carbocycles. The number of anilines is 1. The third-order valence-electron chi connectivity index (χ3n) is 4.44. The van der Waals surface area contributed by atoms with Crippen molar-refractivity contribution in [3.63, 3.8) is 0 Å². The fourth-order valence-electron chi connectivity index (χ4n) is 2.95. The Morgan fingerprint density at radius 3 is 1.66 bits per heavy atom. The third kappa shape index (κ3) is 5.56. The Hall–Kier alpha value is -3.86. The van der Waals surface area contributed by atoms with Crippen LogP contribution < -0.4 is 4.90 Å². The van der Waals surface area contributed by atoms with Crippen LogP contribution in [0.2, 0.25) is 0 Å². The largest absolute Gasteiger partial charge is 0.502 e. The van der Waals surface area contributed by atoms with E-state index < -0.39 is 17.5 Å². The van der Waals surface area contributed by atoms with Crippen LogP contribution in [0.1, 0.15) is 21.5 Å². The Morgan fingerprint density at radius 2 is 1.21 bits per heavy atom. The molecule has 0 aliphatic rings. The first-order chi connectivity index (χ1) is 14.0. The van der Waals surface area contributed by atoms with Crippen LogP contribution in [0, 0.1) is 0 Å². The first-order valence-corrected chi connectivity index (χ1v) is 9.14. The molecule has 0 aliphatic heterocycles. The monoisotopic (exact) mass is 387 g/mol. The minimum absolute atomic E-state index is 0.306. The number of allylic oxidation sites excluding steroid dienone is 1. The molecule has 3 rings (SSSR count). The molecule has 0 amide bonds. The van der Waals surface area contributed by atoms with Crippen LogP contribution in [-0.4, -0.2) is 22.0 Å². The van der Waals surface area contributed by atoms with Crippen LogP contribution in [0.3, 0.4) is 0 Å². The molecule has 3 aromatic rings. The summed E-state index contributed by atoms with van der Waals surface area (Å²) in [6.45, 7) is 1.39. The summed E-state index contributed by atoms with van der Waals surface area (Å²) in [6.07, 6.45) is 0.711. The standard InChI is InChI=1S/C24H21NO4/c26-22(15-23(27)24(28)29)20-11-13-21(14-12-20)25(16-18-7-3-1-4-8-18)17-19-9-5-2-6-10-19/h1-15,27H,16-17H2,(H,28,29)/b23-15-. The van der Waals surface area contributed by atoms with E-state index in [1.54, 1.807) is 12.1 Å². The topological polar surface area (TPSA) is 77.8 Å². The maximum atomic E-state index is 12.1. The molecule has 2 N–H and O–H groups in total. The number of carboxylic acids is 1. The van der Waals surface area contributed by atoms with Crippen molar-refractivity contribution in [2.75, 3.05) is 4.90 Å². The summed E-state index contributed by atoms with van der Waals surface area (Å²) in [5.41, 5.74) is 3.57. The summed E-state index contributed by atoms with van der Waals surface area (Å²) in [6, 6.07) is 27.1. The smallest absolute Gasteiger partial charge is 0.371 e. The Kier molecular flexibility index (Phi) is 6.43. The molecule has 29 heavy (non-hydrogen) atoms. The van der Waals surface area contributed by atoms with Crippen molar-refractivity contribution < 1.29 is 19.8 Å². The van der Waals surface area contributed by atoms with E-state index in [2.05, 4.69) is 29.2 Å². The van der Waals surface area contributed by atoms with Gasteiger partial charge in [0.05, 0.1) is 0 Å². The highest BCUT2D eigenvalue weighted by Crippen LogP contribution is 2.21. The number of carboxylic acid groups (broad SMARTS) is 1. The SMILES string of the molecule is O=C(O)/C(O)=C/C(=O)c1ccc(N(Cc2ccccc2)Cc2ccccc2)cc1. The van der Waals surface area contributed by atoms with Crippen molar-refractivity contribution in [2.45, 2.75) is 13.1 Å². The maximum absolute atomic E-state index is 12.1. The van der Waals surface area contributed by atoms with Gasteiger partial charge in [-0.25, -0.2) is 4.79 Å². The Balaban J connectivity index is 1.84. The van der Waals surface area contributed by atoms with Crippen molar-refractivity contribution >= 4 is 17.4 Å². The summed E-state index contributed by atoms with van der Waals surface area (Å²) >= 11 is 0. The summed E-state index contributed by atoms with van der Waals surface area (Å²) in [7, 11) is 0. The summed E-state index contributed by atoms with van der Waals surface area (Å²) in [4.78, 5) is 25.0. The van der Waals surface area contributed by atoms with Crippen molar-refractivity contribution in [1.29, 1.82) is 0 Å². The Morgan fingerprint density at radius 1 is 0.724 bits per heavy atom. The molecule has 5 nitrogen and oxygen atoms in total. The molecule has 0 aromatic heterocycles. The van der Waals surface area contributed by atoms with Crippen LogP contribution in [0.4, 0.5) is 5.69 Å². The van der Waals surface area contributed by atoms with Crippen molar-refractivity contribution in [3.8, 4) is 0 Å². The Labute approximate surface area is 169 Å². The fourth-order valence-corrected chi connectivity index (χ4v) is 2.95. The number of aliphatic hydroxyl groups is 1. The van der Waals surface area contributed by atoms with Gasteiger partial charge in [-0.3, -0.25) is 4.79 Å². The number of rotatable bonds is 8. The second-order valence-electron chi connectivity index (χ2n) is 6.57. The maximum Gasteiger partial charge on any atom is 0.371 e. The van der Waals surface area contributed by atoms with E-state index in [1.807, 2.05) is 48.5 Å². The molecular formula is C24H21NO4. The number of aliphatic hydroxyl groups excluding tert-OH is 1. The van der Waals surface area contributed by atoms with Gasteiger partial charge in [0, 0.05) is 30.4 Å². The highest BCUT2D eigenvalue weighted by atomic mass is 16.4. The molecule has 0 atom stereocenters. The number of hydrogen-bond acceptors (Lipinski definition) is 4. The van der Waals surface area contributed by atoms with Gasteiger partial charge >= 0.3 is 5.97 Å². The molecule has 0 heterocycles. The molecule has 0 spiro atoms. The van der Waals surface area contributed by atoms with E-state index >= 15 is 0 Å². The van der Waals surface area contributed by atoms with E-state index in [-0.39, 0.29) is 0 Å². The zero-order valence-electron chi connectivity index (χ0n) is 15.7. The van der Waals surface area contributed by atoms with Crippen molar-refractivity contribution in [2.24, 2.45) is 0 Å². The molecule has 0 bridgehead atoms. The predicted octanol–water partition coefficient (Wildman–Crippen LogP) is 4.60. The molecule has 5 heteroatoms. The normalized spacial score (nSPS) is 11.1. The first kappa shape index (κ1) is 19.9. The van der Waals surface area contributed by atoms with Gasteiger partial charge in [0.1, 0.15) is 0 Å². The highest BCUT2D eigenvalue weighted by molar-refractivity contribution is 6.07. The average molecular weight is 387 g/mol. The second kappa shape index (κ2) is 9.37. The lowest BCUT2D eigenvalue weighted by Crippen LogP contribution is -2.22. The number of ketones is 1. The van der Waals surface area contributed by atoms with Gasteiger partial charge in [0.15, 0.2) is 5.78 Å². The van der Waals surface area contributed by atoms with Crippen LogP contribution in [-0.2, 0) is 17.9 Å². The van der Waals surface area contributed by atoms with Crippen LogP contribution >= 0.6 is 0 Å². The van der Waals surface area contributed by atoms with Crippen LogP contribution in [0.25, 0.3) is 0 Å². The highest BCUT2D eigenvalue weighted by Gasteiger charge is 2.12. The quantitative estimate of drug-likeness (QED) is 0.335. The number of carbonyl (C=O) groups excluding carboxylic acids is 1. The minimum Gasteiger partial charge on any atom is -0.502 e. The van der Waals surface area contributed by atoms with Gasteiger partial charge in [-0.1, -0.05) is 60.7 Å². The average Bonchev–Trinajstić information content (AvgIpc) is 2.75. The molecule has 0 saturated heterocycles. The summed E-state index contributed by atoms with van der Waals surface area (Å²) in [5.74, 6) is -3.07. The number of aliphatic carboxylic acids is 1. The van der Waals surface area contributed by atoms with Crippen LogP contribution in [0.5, 0.6) is 0 Å². The number of hydrogen-bond donors (Lipinski definition) is 2. The van der Waals surface area contributed by atoms with E-state index in [4.69, 9.17) is 5.11 Å². The molecule has 0 unspecified atom stereocenters. The lowest BCUT2D eigenvalue weighted by molar-refractivity contribution is -0.135. The van der Waals surface area contributed by atoms with E-state index in [9.17, 15) is 14.7 Å². The molecule has 0 aliphatic carbocycles. The molecule has 0 radical (unpaired) electrons. The Bertz CT molecular complexity index is 955. The second-order valence-corrected chi connectivity index (χ2v) is 6.57. The van der Waals surface area contributed by atoms with E-state index in [0.29, 0.717) is 24.7 Å². The van der Waals surface area contributed by atoms with Gasteiger partial charge in [0.2, 0.25) is 5.76 Å². The lowest BCUT2D eigenvalue weighted by atomic mass is 10.1. The predicted molar refractivity (Wildman–Crippen MR) is 112 cm³/mol. The van der Waals surface area contributed by atoms with Crippen LogP contribution in [0.15, 0.2) is 96.8 Å². The van der Waals surface area contributed by atoms with Gasteiger partial charge in [-0.05, 0) is 35.4 Å². The zero-order valence-corrected chi connectivity index (χ0v) is 15.7. The van der Waals surface area contributed by atoms with E-state index in [0.717, 1.165) is 16.8 Å². The number of benzene rings is 3. The number of nitrogens with zero attached hydrogens (tertiary/aromatic N) is 1. The first-order valence-electron chi connectivity index (χ1n) is 9.14. The van der Waals surface area contributed by atoms with Gasteiger partial charge in [-0.15, -0.1) is 0 Å². The van der Waals surface area contributed by atoms with Crippen molar-refractivity contribution in [3.05, 3.63) is 113 Å². The molecule has 0 fully saturated rings. The summed E-state index contributed by atoms with van der Waals surface area (Å²) < 4.78 is 0. The third-order valence-corrected chi connectivity index (χ3v) is 4.44.